The molecular weight excluding hydrogens is 645 g/mol. The molecule has 11 aromatic rings. The topological polar surface area (TPSA) is 56.7 Å². The molecule has 11 rings (SSSR count). The van der Waals surface area contributed by atoms with Gasteiger partial charge in [0.15, 0.2) is 17.5 Å². The molecule has 0 atom stereocenters. The molecule has 0 saturated heterocycles. The highest BCUT2D eigenvalue weighted by Crippen LogP contribution is 2.44. The van der Waals surface area contributed by atoms with E-state index in [1.54, 1.807) is 11.3 Å². The van der Waals surface area contributed by atoms with Crippen LogP contribution in [-0.4, -0.2) is 19.5 Å². The number of nitrogens with zero attached hydrogens (tertiary/aromatic N) is 4. The number of thiophene rings is 1. The van der Waals surface area contributed by atoms with Crippen molar-refractivity contribution in [2.24, 2.45) is 0 Å². The fourth-order valence-electron chi connectivity index (χ4n) is 7.30. The maximum absolute atomic E-state index is 8.82. The highest BCUT2D eigenvalue weighted by molar-refractivity contribution is 7.26. The van der Waals surface area contributed by atoms with Gasteiger partial charge in [-0.3, -0.25) is 0 Å². The molecule has 0 amide bonds. The molecule has 0 aliphatic heterocycles. The van der Waals surface area contributed by atoms with Crippen molar-refractivity contribution < 1.29 is 11.3 Å². The predicted molar refractivity (Wildman–Crippen MR) is 211 cm³/mol. The Kier molecular flexibility index (Phi) is 5.08. The van der Waals surface area contributed by atoms with Gasteiger partial charge in [0.1, 0.15) is 11.2 Å². The molecule has 0 unspecified atom stereocenters. The van der Waals surface area contributed by atoms with Crippen LogP contribution in [0.4, 0.5) is 0 Å². The second-order valence-corrected chi connectivity index (χ2v) is 13.4. The lowest BCUT2D eigenvalue weighted by atomic mass is 10.1. The van der Waals surface area contributed by atoms with Crippen molar-refractivity contribution in [3.05, 3.63) is 158 Å². The number of benzene rings is 7. The minimum absolute atomic E-state index is 0.0178. The van der Waals surface area contributed by atoms with Gasteiger partial charge in [0, 0.05) is 53.7 Å². The molecule has 4 heterocycles. The number of fused-ring (bicyclic) bond motifs is 9. The van der Waals surface area contributed by atoms with Crippen LogP contribution in [-0.2, 0) is 0 Å². The monoisotopic (exact) mass is 675 g/mol. The number of rotatable bonds is 4. The number of hydrogen-bond acceptors (Lipinski definition) is 5. The third kappa shape index (κ3) is 4.30. The Morgan fingerprint density at radius 3 is 1.88 bits per heavy atom. The Labute approximate surface area is 302 Å². The Morgan fingerprint density at radius 2 is 1.10 bits per heavy atom. The smallest absolute Gasteiger partial charge is 0.165 e. The standard InChI is InChI=1S/C45H26N4OS/c1-2-12-27(13-3-1)43-46-44(28-24-25-32-31-16-6-9-23-39(31)50-40(32)26-28)48-45(47-43)35-19-10-17-33-34-18-11-22-38(42(34)51-41(33)35)49-36-20-7-4-14-29(36)30-15-5-8-21-37(30)49/h1-26H/i1D,2D,3D,12D,13D. The zero-order valence-electron chi connectivity index (χ0n) is 31.7. The molecule has 0 fully saturated rings. The molecule has 5 nitrogen and oxygen atoms in total. The number of aromatic nitrogens is 4. The Bertz CT molecular complexity index is 3380. The van der Waals surface area contributed by atoms with E-state index in [1.165, 1.54) is 10.8 Å². The first-order valence-electron chi connectivity index (χ1n) is 19.0. The number of para-hydroxylation sites is 3. The van der Waals surface area contributed by atoms with Crippen LogP contribution in [0.15, 0.2) is 162 Å². The minimum atomic E-state index is -0.484. The van der Waals surface area contributed by atoms with Crippen LogP contribution in [0, 0.1) is 0 Å². The van der Waals surface area contributed by atoms with E-state index in [0.717, 1.165) is 58.8 Å². The molecule has 0 N–H and O–H groups in total. The average molecular weight is 676 g/mol. The van der Waals surface area contributed by atoms with Crippen molar-refractivity contribution in [1.29, 1.82) is 0 Å². The summed E-state index contributed by atoms with van der Waals surface area (Å²) in [6.07, 6.45) is 0. The number of furan rings is 1. The highest BCUT2D eigenvalue weighted by Gasteiger charge is 2.20. The molecule has 0 spiro atoms. The highest BCUT2D eigenvalue weighted by atomic mass is 32.1. The van der Waals surface area contributed by atoms with E-state index >= 15 is 0 Å². The van der Waals surface area contributed by atoms with Crippen LogP contribution < -0.4 is 0 Å². The van der Waals surface area contributed by atoms with Gasteiger partial charge >= 0.3 is 0 Å². The largest absolute Gasteiger partial charge is 0.456 e. The summed E-state index contributed by atoms with van der Waals surface area (Å²) in [4.78, 5) is 14.7. The Morgan fingerprint density at radius 1 is 0.490 bits per heavy atom. The molecule has 0 aliphatic carbocycles. The maximum atomic E-state index is 8.82. The summed E-state index contributed by atoms with van der Waals surface area (Å²) in [6, 6.07) is 40.7. The van der Waals surface area contributed by atoms with Crippen LogP contribution in [0.2, 0.25) is 0 Å². The first kappa shape index (κ1) is 23.7. The normalized spacial score (nSPS) is 13.3. The Balaban J connectivity index is 1.18. The summed E-state index contributed by atoms with van der Waals surface area (Å²) < 4.78 is 53.3. The van der Waals surface area contributed by atoms with Crippen molar-refractivity contribution >= 4 is 75.3 Å². The van der Waals surface area contributed by atoms with Gasteiger partial charge in [-0.15, -0.1) is 11.3 Å². The lowest BCUT2D eigenvalue weighted by Crippen LogP contribution is -2.00. The summed E-state index contributed by atoms with van der Waals surface area (Å²) in [5.74, 6) is 0.580. The van der Waals surface area contributed by atoms with Crippen molar-refractivity contribution in [1.82, 2.24) is 19.5 Å². The predicted octanol–water partition coefficient (Wildman–Crippen LogP) is 12.2. The van der Waals surface area contributed by atoms with Crippen molar-refractivity contribution in [3.63, 3.8) is 0 Å². The maximum Gasteiger partial charge on any atom is 0.165 e. The van der Waals surface area contributed by atoms with Gasteiger partial charge in [0.25, 0.3) is 0 Å². The molecule has 6 heteroatoms. The molecule has 4 aromatic heterocycles. The van der Waals surface area contributed by atoms with Gasteiger partial charge in [0.2, 0.25) is 0 Å². The summed E-state index contributed by atoms with van der Waals surface area (Å²) in [5.41, 5.74) is 5.97. The molecule has 0 aliphatic rings. The molecule has 0 radical (unpaired) electrons. The van der Waals surface area contributed by atoms with E-state index in [2.05, 4.69) is 77.4 Å². The first-order valence-corrected chi connectivity index (χ1v) is 17.4. The van der Waals surface area contributed by atoms with Crippen LogP contribution in [0.3, 0.4) is 0 Å². The van der Waals surface area contributed by atoms with Crippen molar-refractivity contribution in [2.75, 3.05) is 0 Å². The van der Waals surface area contributed by atoms with Crippen LogP contribution in [0.25, 0.3) is 104 Å². The molecule has 7 aromatic carbocycles. The van der Waals surface area contributed by atoms with Gasteiger partial charge in [-0.25, -0.2) is 15.0 Å². The van der Waals surface area contributed by atoms with Crippen molar-refractivity contribution in [3.8, 4) is 39.9 Å². The van der Waals surface area contributed by atoms with E-state index in [4.69, 9.17) is 26.2 Å². The molecule has 0 saturated carbocycles. The summed E-state index contributed by atoms with van der Waals surface area (Å²) in [5, 5.41) is 6.41. The zero-order valence-corrected chi connectivity index (χ0v) is 27.5. The van der Waals surface area contributed by atoms with Gasteiger partial charge in [-0.1, -0.05) is 115 Å². The second kappa shape index (κ2) is 10.9. The fraction of sp³-hybridized carbons (Fsp3) is 0. The lowest BCUT2D eigenvalue weighted by molar-refractivity contribution is 0.669. The fourth-order valence-corrected chi connectivity index (χ4v) is 8.62. The van der Waals surface area contributed by atoms with Gasteiger partial charge in [0.05, 0.1) is 28.3 Å². The minimum Gasteiger partial charge on any atom is -0.456 e. The van der Waals surface area contributed by atoms with Crippen LogP contribution in [0.1, 0.15) is 6.85 Å². The SMILES string of the molecule is [2H]c1c([2H])c([2H])c(-c2nc(-c3ccc4c(c3)oc3ccccc34)nc(-c3cccc4c3sc3c(-n5c6ccccc6c6ccccc65)cccc34)n2)c([2H])c1[2H]. The first-order chi connectivity index (χ1) is 27.4. The van der Waals surface area contributed by atoms with E-state index in [-0.39, 0.29) is 29.3 Å². The second-order valence-electron chi connectivity index (χ2n) is 12.4. The van der Waals surface area contributed by atoms with Crippen molar-refractivity contribution in [2.45, 2.75) is 0 Å². The Hall–Kier alpha value is -6.63. The summed E-state index contributed by atoms with van der Waals surface area (Å²) >= 11 is 1.65. The molecular formula is C45H26N4OS. The van der Waals surface area contributed by atoms with E-state index in [1.807, 2.05) is 54.6 Å². The quantitative estimate of drug-likeness (QED) is 0.186. The third-order valence-electron chi connectivity index (χ3n) is 9.56. The van der Waals surface area contributed by atoms with Crippen LogP contribution >= 0.6 is 11.3 Å². The summed E-state index contributed by atoms with van der Waals surface area (Å²) in [6.45, 7) is 0. The van der Waals surface area contributed by atoms with Gasteiger partial charge in [-0.2, -0.15) is 0 Å². The molecule has 0 bridgehead atoms. The molecule has 238 valence electrons. The summed E-state index contributed by atoms with van der Waals surface area (Å²) in [7, 11) is 0. The lowest BCUT2D eigenvalue weighted by Gasteiger charge is -2.09. The van der Waals surface area contributed by atoms with Crippen LogP contribution in [0.5, 0.6) is 0 Å². The molecule has 51 heavy (non-hydrogen) atoms. The van der Waals surface area contributed by atoms with Gasteiger partial charge in [-0.05, 0) is 42.5 Å². The van der Waals surface area contributed by atoms with E-state index in [0.29, 0.717) is 17.0 Å². The van der Waals surface area contributed by atoms with E-state index < -0.39 is 18.1 Å². The average Bonchev–Trinajstić information content (AvgIpc) is 3.91. The zero-order chi connectivity index (χ0) is 37.8. The number of hydrogen-bond donors (Lipinski definition) is 0. The third-order valence-corrected chi connectivity index (χ3v) is 10.8. The van der Waals surface area contributed by atoms with Gasteiger partial charge < -0.3 is 8.98 Å². The van der Waals surface area contributed by atoms with E-state index in [9.17, 15) is 0 Å².